The molecule has 86 valence electrons. The summed E-state index contributed by atoms with van der Waals surface area (Å²) in [7, 11) is 0. The van der Waals surface area contributed by atoms with Crippen LogP contribution in [0.4, 0.5) is 0 Å². The molecule has 0 amide bonds. The molecule has 1 aromatic rings. The van der Waals surface area contributed by atoms with Crippen LogP contribution in [0, 0.1) is 0 Å². The molecule has 1 fully saturated rings. The molecule has 0 radical (unpaired) electrons. The zero-order valence-corrected chi connectivity index (χ0v) is 11.2. The Labute approximate surface area is 108 Å². The number of rotatable bonds is 3. The maximum Gasteiger partial charge on any atom is 0.320 e. The van der Waals surface area contributed by atoms with Crippen LogP contribution >= 0.6 is 27.7 Å². The van der Waals surface area contributed by atoms with Crippen molar-refractivity contribution < 1.29 is 9.90 Å². The maximum atomic E-state index is 11.4. The van der Waals surface area contributed by atoms with Gasteiger partial charge in [-0.2, -0.15) is 0 Å². The summed E-state index contributed by atoms with van der Waals surface area (Å²) in [4.78, 5) is 11.4. The van der Waals surface area contributed by atoms with Crippen molar-refractivity contribution in [3.63, 3.8) is 0 Å². The summed E-state index contributed by atoms with van der Waals surface area (Å²) in [6, 6.07) is 7.91. The predicted molar refractivity (Wildman–Crippen MR) is 69.9 cm³/mol. The van der Waals surface area contributed by atoms with Crippen LogP contribution in [0.2, 0.25) is 0 Å². The SMILES string of the molecule is O=C(O)C1(Cc2cccc(Br)c2)CCCS1. The number of aliphatic carboxylic acids is 1. The fourth-order valence-corrected chi connectivity index (χ4v) is 3.86. The van der Waals surface area contributed by atoms with Gasteiger partial charge in [-0.15, -0.1) is 11.8 Å². The molecule has 1 saturated heterocycles. The average Bonchev–Trinajstić information content (AvgIpc) is 2.67. The monoisotopic (exact) mass is 300 g/mol. The van der Waals surface area contributed by atoms with Gasteiger partial charge in [0.1, 0.15) is 4.75 Å². The Morgan fingerprint density at radius 3 is 2.94 bits per heavy atom. The van der Waals surface area contributed by atoms with E-state index < -0.39 is 10.7 Å². The van der Waals surface area contributed by atoms with Crippen molar-refractivity contribution in [2.45, 2.75) is 24.0 Å². The zero-order chi connectivity index (χ0) is 11.6. The van der Waals surface area contributed by atoms with Crippen LogP contribution in [0.5, 0.6) is 0 Å². The Morgan fingerprint density at radius 2 is 2.38 bits per heavy atom. The molecule has 0 saturated carbocycles. The standard InChI is InChI=1S/C12H13BrO2S/c13-10-4-1-3-9(7-10)8-12(11(14)15)5-2-6-16-12/h1,3-4,7H,2,5-6,8H2,(H,14,15). The summed E-state index contributed by atoms with van der Waals surface area (Å²) >= 11 is 5.00. The lowest BCUT2D eigenvalue weighted by molar-refractivity contribution is -0.139. The number of benzene rings is 1. The van der Waals surface area contributed by atoms with Crippen LogP contribution in [0.1, 0.15) is 18.4 Å². The number of hydrogen-bond donors (Lipinski definition) is 1. The summed E-state index contributed by atoms with van der Waals surface area (Å²) < 4.78 is 0.411. The Kier molecular flexibility index (Phi) is 3.60. The molecule has 0 aromatic heterocycles. The van der Waals surface area contributed by atoms with Gasteiger partial charge >= 0.3 is 5.97 Å². The summed E-state index contributed by atoms with van der Waals surface area (Å²) in [6.07, 6.45) is 2.40. The minimum absolute atomic E-state index is 0.596. The van der Waals surface area contributed by atoms with Gasteiger partial charge in [-0.3, -0.25) is 4.79 Å². The Morgan fingerprint density at radius 1 is 1.56 bits per heavy atom. The van der Waals surface area contributed by atoms with Crippen LogP contribution in [-0.4, -0.2) is 21.6 Å². The van der Waals surface area contributed by atoms with Crippen molar-refractivity contribution in [2.24, 2.45) is 0 Å². The van der Waals surface area contributed by atoms with E-state index in [4.69, 9.17) is 0 Å². The summed E-state index contributed by atoms with van der Waals surface area (Å²) in [5.74, 6) is 0.287. The summed E-state index contributed by atoms with van der Waals surface area (Å²) in [5, 5.41) is 9.36. The second-order valence-corrected chi connectivity index (χ2v) is 6.45. The highest BCUT2D eigenvalue weighted by atomic mass is 79.9. The van der Waals surface area contributed by atoms with Crippen LogP contribution in [0.25, 0.3) is 0 Å². The third-order valence-corrected chi connectivity index (χ3v) is 4.93. The molecule has 1 heterocycles. The Hall–Kier alpha value is -0.480. The van der Waals surface area contributed by atoms with Crippen molar-refractivity contribution in [1.29, 1.82) is 0 Å². The molecule has 1 aromatic carbocycles. The molecule has 1 unspecified atom stereocenters. The lowest BCUT2D eigenvalue weighted by Gasteiger charge is -2.22. The van der Waals surface area contributed by atoms with E-state index in [-0.39, 0.29) is 0 Å². The average molecular weight is 301 g/mol. The van der Waals surface area contributed by atoms with E-state index in [0.717, 1.165) is 28.6 Å². The van der Waals surface area contributed by atoms with E-state index in [0.29, 0.717) is 6.42 Å². The molecule has 4 heteroatoms. The Bertz CT molecular complexity index is 400. The molecule has 2 nitrogen and oxygen atoms in total. The number of carboxylic acids is 1. The molecule has 1 N–H and O–H groups in total. The second-order valence-electron chi connectivity index (χ2n) is 4.06. The quantitative estimate of drug-likeness (QED) is 0.930. The minimum atomic E-state index is -0.671. The van der Waals surface area contributed by atoms with Gasteiger partial charge < -0.3 is 5.11 Å². The molecule has 2 rings (SSSR count). The highest BCUT2D eigenvalue weighted by Gasteiger charge is 2.42. The van der Waals surface area contributed by atoms with E-state index in [1.165, 1.54) is 0 Å². The zero-order valence-electron chi connectivity index (χ0n) is 8.78. The first kappa shape index (κ1) is 12.0. The van der Waals surface area contributed by atoms with E-state index in [1.807, 2.05) is 24.3 Å². The van der Waals surface area contributed by atoms with Gasteiger partial charge in [-0.25, -0.2) is 0 Å². The van der Waals surface area contributed by atoms with Crippen LogP contribution in [0.3, 0.4) is 0 Å². The van der Waals surface area contributed by atoms with E-state index >= 15 is 0 Å². The van der Waals surface area contributed by atoms with Crippen molar-refractivity contribution >= 4 is 33.7 Å². The molecule has 16 heavy (non-hydrogen) atoms. The fraction of sp³-hybridized carbons (Fsp3) is 0.417. The third kappa shape index (κ3) is 2.43. The van der Waals surface area contributed by atoms with Crippen LogP contribution in [0.15, 0.2) is 28.7 Å². The van der Waals surface area contributed by atoms with Crippen molar-refractivity contribution in [2.75, 3.05) is 5.75 Å². The highest BCUT2D eigenvalue weighted by molar-refractivity contribution is 9.10. The first-order valence-electron chi connectivity index (χ1n) is 5.24. The topological polar surface area (TPSA) is 37.3 Å². The number of carboxylic acid groups (broad SMARTS) is 1. The number of halogens is 1. The van der Waals surface area contributed by atoms with E-state index in [1.54, 1.807) is 11.8 Å². The maximum absolute atomic E-state index is 11.4. The van der Waals surface area contributed by atoms with Crippen molar-refractivity contribution in [3.8, 4) is 0 Å². The van der Waals surface area contributed by atoms with Gasteiger partial charge in [-0.1, -0.05) is 28.1 Å². The third-order valence-electron chi connectivity index (χ3n) is 2.87. The van der Waals surface area contributed by atoms with Crippen LogP contribution < -0.4 is 0 Å². The van der Waals surface area contributed by atoms with Crippen molar-refractivity contribution in [1.82, 2.24) is 0 Å². The van der Waals surface area contributed by atoms with Crippen molar-refractivity contribution in [3.05, 3.63) is 34.3 Å². The first-order valence-corrected chi connectivity index (χ1v) is 7.02. The largest absolute Gasteiger partial charge is 0.480 e. The smallest absolute Gasteiger partial charge is 0.320 e. The first-order chi connectivity index (χ1) is 7.62. The van der Waals surface area contributed by atoms with Gasteiger partial charge in [0.2, 0.25) is 0 Å². The molecule has 1 aliphatic rings. The molecular formula is C12H13BrO2S. The molecule has 1 aliphatic heterocycles. The van der Waals surface area contributed by atoms with E-state index in [9.17, 15) is 9.90 Å². The fourth-order valence-electron chi connectivity index (χ4n) is 2.06. The Balaban J connectivity index is 2.21. The van der Waals surface area contributed by atoms with Crippen LogP contribution in [-0.2, 0) is 11.2 Å². The number of carbonyl (C=O) groups is 1. The van der Waals surface area contributed by atoms with Gasteiger partial charge in [0.05, 0.1) is 0 Å². The predicted octanol–water partition coefficient (Wildman–Crippen LogP) is 3.34. The molecule has 0 aliphatic carbocycles. The van der Waals surface area contributed by atoms with Gasteiger partial charge in [0, 0.05) is 4.47 Å². The molecule has 0 spiro atoms. The molecular weight excluding hydrogens is 288 g/mol. The summed E-state index contributed by atoms with van der Waals surface area (Å²) in [5.41, 5.74) is 1.09. The normalized spacial score (nSPS) is 24.6. The van der Waals surface area contributed by atoms with Gasteiger partial charge in [0.15, 0.2) is 0 Å². The molecule has 0 bridgehead atoms. The summed E-state index contributed by atoms with van der Waals surface area (Å²) in [6.45, 7) is 0. The minimum Gasteiger partial charge on any atom is -0.480 e. The lowest BCUT2D eigenvalue weighted by atomic mass is 9.94. The van der Waals surface area contributed by atoms with Gasteiger partial charge in [-0.05, 0) is 42.7 Å². The number of thioether (sulfide) groups is 1. The lowest BCUT2D eigenvalue weighted by Crippen LogP contribution is -2.34. The van der Waals surface area contributed by atoms with E-state index in [2.05, 4.69) is 15.9 Å². The molecule has 1 atom stereocenters. The second kappa shape index (κ2) is 4.80. The number of hydrogen-bond acceptors (Lipinski definition) is 2. The van der Waals surface area contributed by atoms with Gasteiger partial charge in [0.25, 0.3) is 0 Å². The highest BCUT2D eigenvalue weighted by Crippen LogP contribution is 2.41.